The smallest absolute Gasteiger partial charge is 0.340 e. The first kappa shape index (κ1) is 15.0. The van der Waals surface area contributed by atoms with Crippen molar-refractivity contribution in [3.05, 3.63) is 19.8 Å². The van der Waals surface area contributed by atoms with Gasteiger partial charge in [-0.3, -0.25) is 0 Å². The third-order valence-corrected chi connectivity index (χ3v) is 5.30. The Morgan fingerprint density at radius 1 is 1.37 bits per heavy atom. The van der Waals surface area contributed by atoms with E-state index in [0.29, 0.717) is 0 Å². The zero-order chi connectivity index (χ0) is 14.4. The van der Waals surface area contributed by atoms with Crippen LogP contribution in [0.15, 0.2) is 3.79 Å². The van der Waals surface area contributed by atoms with E-state index < -0.39 is 5.60 Å². The lowest BCUT2D eigenvalue weighted by molar-refractivity contribution is 0.00673. The van der Waals surface area contributed by atoms with E-state index in [2.05, 4.69) is 29.8 Å². The fourth-order valence-electron chi connectivity index (χ4n) is 2.42. The van der Waals surface area contributed by atoms with Crippen molar-refractivity contribution in [1.29, 1.82) is 0 Å². The van der Waals surface area contributed by atoms with E-state index in [0.717, 1.165) is 22.2 Å². The number of hydrogen-bond acceptors (Lipinski definition) is 3. The van der Waals surface area contributed by atoms with Crippen molar-refractivity contribution in [2.75, 3.05) is 0 Å². The first-order valence-electron chi connectivity index (χ1n) is 6.62. The summed E-state index contributed by atoms with van der Waals surface area (Å²) in [6.45, 7) is 10.2. The van der Waals surface area contributed by atoms with Crippen molar-refractivity contribution >= 4 is 33.2 Å². The first-order valence-corrected chi connectivity index (χ1v) is 8.23. The maximum atomic E-state index is 12.4. The Kier molecular flexibility index (Phi) is 3.87. The van der Waals surface area contributed by atoms with Crippen LogP contribution in [0.5, 0.6) is 0 Å². The Labute approximate surface area is 127 Å². The Balaban J connectivity index is 2.37. The number of aryl methyl sites for hydroxylation is 1. The van der Waals surface area contributed by atoms with Crippen LogP contribution in [-0.2, 0) is 17.6 Å². The number of carbonyl (C=O) groups is 1. The van der Waals surface area contributed by atoms with Crippen molar-refractivity contribution in [3.63, 3.8) is 0 Å². The Morgan fingerprint density at radius 3 is 2.58 bits per heavy atom. The van der Waals surface area contributed by atoms with Gasteiger partial charge in [0.1, 0.15) is 5.60 Å². The van der Waals surface area contributed by atoms with E-state index >= 15 is 0 Å². The number of esters is 1. The lowest BCUT2D eigenvalue weighted by Gasteiger charge is -2.30. The van der Waals surface area contributed by atoms with Gasteiger partial charge in [-0.2, -0.15) is 0 Å². The van der Waals surface area contributed by atoms with Crippen LogP contribution >= 0.6 is 27.3 Å². The zero-order valence-electron chi connectivity index (χ0n) is 12.2. The average Bonchev–Trinajstić information content (AvgIpc) is 2.49. The second-order valence-electron chi connectivity index (χ2n) is 7.00. The number of halogens is 1. The number of fused-ring (bicyclic) bond motifs is 1. The van der Waals surface area contributed by atoms with Gasteiger partial charge in [0.05, 0.1) is 9.35 Å². The molecule has 0 N–H and O–H groups in total. The molecule has 0 aromatic carbocycles. The molecule has 0 saturated heterocycles. The maximum Gasteiger partial charge on any atom is 0.340 e. The summed E-state index contributed by atoms with van der Waals surface area (Å²) in [5.41, 5.74) is 1.77. The SMILES string of the molecule is CC1(C)CCc2sc(Br)c(C(=O)OC(C)(C)C)c2C1. The van der Waals surface area contributed by atoms with E-state index in [9.17, 15) is 4.79 Å². The molecule has 4 heteroatoms. The summed E-state index contributed by atoms with van der Waals surface area (Å²) in [5.74, 6) is -0.199. The van der Waals surface area contributed by atoms with Crippen molar-refractivity contribution < 1.29 is 9.53 Å². The molecule has 0 spiro atoms. The van der Waals surface area contributed by atoms with Crippen LogP contribution in [0.2, 0.25) is 0 Å². The summed E-state index contributed by atoms with van der Waals surface area (Å²) in [6, 6.07) is 0. The van der Waals surface area contributed by atoms with E-state index in [-0.39, 0.29) is 11.4 Å². The van der Waals surface area contributed by atoms with E-state index in [1.165, 1.54) is 16.9 Å². The summed E-state index contributed by atoms with van der Waals surface area (Å²) < 4.78 is 6.46. The van der Waals surface area contributed by atoms with Crippen LogP contribution < -0.4 is 0 Å². The van der Waals surface area contributed by atoms with Crippen LogP contribution in [0.1, 0.15) is 61.8 Å². The lowest BCUT2D eigenvalue weighted by Crippen LogP contribution is -2.26. The van der Waals surface area contributed by atoms with Gasteiger partial charge in [0.25, 0.3) is 0 Å². The summed E-state index contributed by atoms with van der Waals surface area (Å²) in [6.07, 6.45) is 3.20. The molecule has 0 unspecified atom stereocenters. The highest BCUT2D eigenvalue weighted by atomic mass is 79.9. The monoisotopic (exact) mass is 344 g/mol. The van der Waals surface area contributed by atoms with Gasteiger partial charge in [0.15, 0.2) is 0 Å². The Bertz CT molecular complexity index is 509. The van der Waals surface area contributed by atoms with E-state index in [4.69, 9.17) is 4.74 Å². The molecular weight excluding hydrogens is 324 g/mol. The predicted octanol–water partition coefficient (Wildman–Crippen LogP) is 4.98. The van der Waals surface area contributed by atoms with Gasteiger partial charge in [-0.25, -0.2) is 4.79 Å². The van der Waals surface area contributed by atoms with E-state index in [1.54, 1.807) is 11.3 Å². The molecule has 1 heterocycles. The van der Waals surface area contributed by atoms with Crippen LogP contribution in [-0.4, -0.2) is 11.6 Å². The normalized spacial score (nSPS) is 18.0. The summed E-state index contributed by atoms with van der Waals surface area (Å²) in [4.78, 5) is 13.7. The molecule has 19 heavy (non-hydrogen) atoms. The summed E-state index contributed by atoms with van der Waals surface area (Å²) >= 11 is 5.23. The fraction of sp³-hybridized carbons (Fsp3) is 0.667. The predicted molar refractivity (Wildman–Crippen MR) is 83.0 cm³/mol. The average molecular weight is 345 g/mol. The molecular formula is C15H21BrO2S. The van der Waals surface area contributed by atoms with Crippen molar-refractivity contribution in [2.45, 2.75) is 59.5 Å². The minimum Gasteiger partial charge on any atom is -0.456 e. The molecule has 0 aliphatic heterocycles. The number of thiophene rings is 1. The first-order chi connectivity index (χ1) is 8.59. The molecule has 1 aromatic heterocycles. The van der Waals surface area contributed by atoms with Crippen LogP contribution in [0.25, 0.3) is 0 Å². The molecule has 2 nitrogen and oxygen atoms in total. The van der Waals surface area contributed by atoms with Gasteiger partial charge in [0, 0.05) is 4.88 Å². The van der Waals surface area contributed by atoms with Gasteiger partial charge >= 0.3 is 5.97 Å². The molecule has 0 atom stereocenters. The Morgan fingerprint density at radius 2 is 2.00 bits per heavy atom. The minimum absolute atomic E-state index is 0.199. The molecule has 1 aliphatic carbocycles. The number of carbonyl (C=O) groups excluding carboxylic acids is 1. The quantitative estimate of drug-likeness (QED) is 0.671. The number of ether oxygens (including phenoxy) is 1. The largest absolute Gasteiger partial charge is 0.456 e. The number of hydrogen-bond donors (Lipinski definition) is 0. The van der Waals surface area contributed by atoms with Gasteiger partial charge in [-0.1, -0.05) is 13.8 Å². The van der Waals surface area contributed by atoms with Gasteiger partial charge < -0.3 is 4.74 Å². The summed E-state index contributed by atoms with van der Waals surface area (Å²) in [7, 11) is 0. The third kappa shape index (κ3) is 3.40. The van der Waals surface area contributed by atoms with Gasteiger partial charge in [-0.05, 0) is 66.9 Å². The third-order valence-electron chi connectivity index (χ3n) is 3.33. The molecule has 1 aromatic rings. The molecule has 0 fully saturated rings. The van der Waals surface area contributed by atoms with Crippen molar-refractivity contribution in [2.24, 2.45) is 5.41 Å². The van der Waals surface area contributed by atoms with Crippen molar-refractivity contribution in [1.82, 2.24) is 0 Å². The second-order valence-corrected chi connectivity index (χ2v) is 9.42. The molecule has 0 amide bonds. The van der Waals surface area contributed by atoms with Gasteiger partial charge in [0.2, 0.25) is 0 Å². The highest BCUT2D eigenvalue weighted by Crippen LogP contribution is 2.43. The highest BCUT2D eigenvalue weighted by molar-refractivity contribution is 9.11. The lowest BCUT2D eigenvalue weighted by atomic mass is 9.76. The molecule has 0 saturated carbocycles. The topological polar surface area (TPSA) is 26.3 Å². The molecule has 106 valence electrons. The van der Waals surface area contributed by atoms with E-state index in [1.807, 2.05) is 20.8 Å². The Hall–Kier alpha value is -0.350. The standard InChI is InChI=1S/C15H21BrO2S/c1-14(2,3)18-13(17)11-9-8-15(4,5)7-6-10(9)19-12(11)16/h6-8H2,1-5H3. The van der Waals surface area contributed by atoms with Crippen LogP contribution in [0, 0.1) is 5.41 Å². The fourth-order valence-corrected chi connectivity index (χ4v) is 4.43. The molecule has 2 rings (SSSR count). The minimum atomic E-state index is -0.449. The molecule has 0 bridgehead atoms. The highest BCUT2D eigenvalue weighted by Gasteiger charge is 2.33. The number of rotatable bonds is 1. The van der Waals surface area contributed by atoms with Crippen LogP contribution in [0.3, 0.4) is 0 Å². The van der Waals surface area contributed by atoms with Crippen LogP contribution in [0.4, 0.5) is 0 Å². The maximum absolute atomic E-state index is 12.4. The summed E-state index contributed by atoms with van der Waals surface area (Å²) in [5, 5.41) is 0. The molecule has 0 radical (unpaired) electrons. The van der Waals surface area contributed by atoms with Gasteiger partial charge in [-0.15, -0.1) is 11.3 Å². The zero-order valence-corrected chi connectivity index (χ0v) is 14.6. The second kappa shape index (κ2) is 4.88. The van der Waals surface area contributed by atoms with Crippen molar-refractivity contribution in [3.8, 4) is 0 Å². The molecule has 1 aliphatic rings.